The second kappa shape index (κ2) is 4.69. The normalized spacial score (nSPS) is 12.9. The van der Waals surface area contributed by atoms with Crippen molar-refractivity contribution < 1.29 is 17.6 Å². The molecule has 2 N–H and O–H groups in total. The third-order valence-corrected chi connectivity index (χ3v) is 1.96. The van der Waals surface area contributed by atoms with Gasteiger partial charge < -0.3 is 5.73 Å². The lowest BCUT2D eigenvalue weighted by Gasteiger charge is -2.10. The number of nitrogens with zero attached hydrogens (tertiary/aromatic N) is 1. The van der Waals surface area contributed by atoms with Gasteiger partial charge in [-0.05, 0) is 12.1 Å². The first-order valence-electron chi connectivity index (χ1n) is 4.11. The molecule has 0 bridgehead atoms. The molecule has 0 saturated carbocycles. The van der Waals surface area contributed by atoms with E-state index in [1.54, 1.807) is 0 Å². The third kappa shape index (κ3) is 2.85. The average molecular weight is 255 g/mol. The Bertz CT molecular complexity index is 414. The minimum Gasteiger partial charge on any atom is -0.386 e. The van der Waals surface area contributed by atoms with Gasteiger partial charge in [-0.1, -0.05) is 6.07 Å². The van der Waals surface area contributed by atoms with E-state index in [0.29, 0.717) is 0 Å². The van der Waals surface area contributed by atoms with E-state index in [2.05, 4.69) is 4.99 Å². The molecule has 88 valence electrons. The summed E-state index contributed by atoms with van der Waals surface area (Å²) < 4.78 is 50.6. The van der Waals surface area contributed by atoms with Crippen molar-refractivity contribution in [2.45, 2.75) is 6.18 Å². The maximum Gasteiger partial charge on any atom is 0.418 e. The molecule has 1 rings (SSSR count). The molecule has 0 aliphatic heterocycles. The van der Waals surface area contributed by atoms with Crippen molar-refractivity contribution in [3.8, 4) is 0 Å². The summed E-state index contributed by atoms with van der Waals surface area (Å²) in [5.74, 6) is -1.65. The molecule has 1 aromatic rings. The van der Waals surface area contributed by atoms with Gasteiger partial charge in [0.15, 0.2) is 0 Å². The zero-order valence-corrected chi connectivity index (χ0v) is 8.61. The number of para-hydroxylation sites is 1. The molecule has 7 heteroatoms. The summed E-state index contributed by atoms with van der Waals surface area (Å²) in [6, 6.07) is 2.55. The van der Waals surface area contributed by atoms with Crippen LogP contribution in [0.25, 0.3) is 0 Å². The van der Waals surface area contributed by atoms with Crippen molar-refractivity contribution in [2.75, 3.05) is 5.88 Å². The van der Waals surface area contributed by atoms with Crippen LogP contribution in [-0.4, -0.2) is 11.7 Å². The van der Waals surface area contributed by atoms with Gasteiger partial charge in [0.25, 0.3) is 0 Å². The summed E-state index contributed by atoms with van der Waals surface area (Å²) in [6.07, 6.45) is -4.69. The molecule has 16 heavy (non-hydrogen) atoms. The van der Waals surface area contributed by atoms with E-state index in [0.717, 1.165) is 18.2 Å². The number of halogens is 5. The van der Waals surface area contributed by atoms with E-state index < -0.39 is 23.2 Å². The number of hydrogen-bond acceptors (Lipinski definition) is 1. The van der Waals surface area contributed by atoms with E-state index in [1.807, 2.05) is 0 Å². The van der Waals surface area contributed by atoms with Gasteiger partial charge in [0.1, 0.15) is 17.3 Å². The highest BCUT2D eigenvalue weighted by atomic mass is 35.5. The van der Waals surface area contributed by atoms with Crippen LogP contribution in [0.3, 0.4) is 0 Å². The predicted octanol–water partition coefficient (Wildman–Crippen LogP) is 3.07. The Morgan fingerprint density at radius 3 is 2.50 bits per heavy atom. The van der Waals surface area contributed by atoms with Gasteiger partial charge in [-0.3, -0.25) is 0 Å². The lowest BCUT2D eigenvalue weighted by molar-refractivity contribution is -0.137. The largest absolute Gasteiger partial charge is 0.418 e. The van der Waals surface area contributed by atoms with Crippen LogP contribution in [0.2, 0.25) is 0 Å². The van der Waals surface area contributed by atoms with Crippen LogP contribution in [0, 0.1) is 5.82 Å². The molecular weight excluding hydrogens is 248 g/mol. The molecule has 0 aliphatic carbocycles. The van der Waals surface area contributed by atoms with E-state index in [4.69, 9.17) is 17.3 Å². The fraction of sp³-hybridized carbons (Fsp3) is 0.222. The first-order valence-corrected chi connectivity index (χ1v) is 4.64. The first kappa shape index (κ1) is 12.8. The summed E-state index contributed by atoms with van der Waals surface area (Å²) in [5.41, 5.74) is 3.15. The van der Waals surface area contributed by atoms with E-state index >= 15 is 0 Å². The molecule has 2 nitrogen and oxygen atoms in total. The Kier molecular flexibility index (Phi) is 3.74. The lowest BCUT2D eigenvalue weighted by Crippen LogP contribution is -2.14. The minimum absolute atomic E-state index is 0.272. The van der Waals surface area contributed by atoms with Crippen LogP contribution >= 0.6 is 11.6 Å². The molecule has 0 saturated heterocycles. The number of rotatable bonds is 2. The lowest BCUT2D eigenvalue weighted by atomic mass is 10.1. The van der Waals surface area contributed by atoms with Gasteiger partial charge in [-0.25, -0.2) is 9.38 Å². The topological polar surface area (TPSA) is 38.4 Å². The number of aliphatic imine (C=N–C) groups is 1. The fourth-order valence-electron chi connectivity index (χ4n) is 1.03. The SMILES string of the molecule is NC(CCl)=Nc1c(F)cccc1C(F)(F)F. The maximum absolute atomic E-state index is 13.2. The van der Waals surface area contributed by atoms with Gasteiger partial charge in [0, 0.05) is 0 Å². The molecule has 0 atom stereocenters. The smallest absolute Gasteiger partial charge is 0.386 e. The van der Waals surface area contributed by atoms with Crippen molar-refractivity contribution >= 4 is 23.1 Å². The molecule has 0 fully saturated rings. The predicted molar refractivity (Wildman–Crippen MR) is 53.4 cm³/mol. The van der Waals surface area contributed by atoms with Gasteiger partial charge in [0.2, 0.25) is 0 Å². The van der Waals surface area contributed by atoms with Crippen LogP contribution in [0.4, 0.5) is 23.2 Å². The minimum atomic E-state index is -4.69. The van der Waals surface area contributed by atoms with Crippen molar-refractivity contribution in [3.63, 3.8) is 0 Å². The zero-order chi connectivity index (χ0) is 12.3. The van der Waals surface area contributed by atoms with Gasteiger partial charge in [-0.2, -0.15) is 13.2 Å². The van der Waals surface area contributed by atoms with Crippen molar-refractivity contribution in [2.24, 2.45) is 10.7 Å². The second-order valence-electron chi connectivity index (χ2n) is 2.87. The Morgan fingerprint density at radius 1 is 1.38 bits per heavy atom. The van der Waals surface area contributed by atoms with Crippen LogP contribution in [0.5, 0.6) is 0 Å². The monoisotopic (exact) mass is 254 g/mol. The average Bonchev–Trinajstić information content (AvgIpc) is 2.19. The number of hydrogen-bond donors (Lipinski definition) is 1. The Balaban J connectivity index is 3.36. The Morgan fingerprint density at radius 2 is 2.00 bits per heavy atom. The summed E-state index contributed by atoms with van der Waals surface area (Å²) >= 11 is 5.26. The van der Waals surface area contributed by atoms with Crippen molar-refractivity contribution in [1.82, 2.24) is 0 Å². The number of nitrogens with two attached hydrogens (primary N) is 1. The van der Waals surface area contributed by atoms with Gasteiger partial charge >= 0.3 is 6.18 Å². The van der Waals surface area contributed by atoms with Crippen LogP contribution in [0.15, 0.2) is 23.2 Å². The second-order valence-corrected chi connectivity index (χ2v) is 3.14. The molecular formula is C9H7ClF4N2. The highest BCUT2D eigenvalue weighted by molar-refractivity contribution is 6.28. The molecule has 0 aromatic heterocycles. The quantitative estimate of drug-likeness (QED) is 0.375. The van der Waals surface area contributed by atoms with Crippen LogP contribution in [0.1, 0.15) is 5.56 Å². The van der Waals surface area contributed by atoms with E-state index in [-0.39, 0.29) is 11.7 Å². The van der Waals surface area contributed by atoms with E-state index in [9.17, 15) is 17.6 Å². The molecule has 0 aliphatic rings. The number of amidine groups is 1. The third-order valence-electron chi connectivity index (χ3n) is 1.68. The van der Waals surface area contributed by atoms with Crippen molar-refractivity contribution in [1.29, 1.82) is 0 Å². The van der Waals surface area contributed by atoms with Crippen LogP contribution in [-0.2, 0) is 6.18 Å². The molecule has 0 heterocycles. The summed E-state index contributed by atoms with van der Waals surface area (Å²) in [7, 11) is 0. The highest BCUT2D eigenvalue weighted by Gasteiger charge is 2.34. The summed E-state index contributed by atoms with van der Waals surface area (Å²) in [4.78, 5) is 3.31. The molecule has 0 spiro atoms. The summed E-state index contributed by atoms with van der Waals surface area (Å²) in [5, 5.41) is 0. The molecule has 0 amide bonds. The van der Waals surface area contributed by atoms with E-state index in [1.165, 1.54) is 0 Å². The zero-order valence-electron chi connectivity index (χ0n) is 7.85. The number of alkyl halides is 4. The standard InChI is InChI=1S/C9H7ClF4N2/c10-4-7(15)16-8-5(9(12,13)14)2-1-3-6(8)11/h1-3H,4H2,(H2,15,16). The molecule has 0 radical (unpaired) electrons. The highest BCUT2D eigenvalue weighted by Crippen LogP contribution is 2.37. The first-order chi connectivity index (χ1) is 7.36. The van der Waals surface area contributed by atoms with Crippen molar-refractivity contribution in [3.05, 3.63) is 29.6 Å². The van der Waals surface area contributed by atoms with Gasteiger partial charge in [0.05, 0.1) is 11.4 Å². The fourth-order valence-corrected chi connectivity index (χ4v) is 1.09. The van der Waals surface area contributed by atoms with Gasteiger partial charge in [-0.15, -0.1) is 11.6 Å². The number of benzene rings is 1. The molecule has 1 aromatic carbocycles. The Hall–Kier alpha value is -1.30. The van der Waals surface area contributed by atoms with Crippen LogP contribution < -0.4 is 5.73 Å². The Labute approximate surface area is 93.7 Å². The maximum atomic E-state index is 13.2. The summed E-state index contributed by atoms with van der Waals surface area (Å²) in [6.45, 7) is 0. The molecule has 0 unspecified atom stereocenters.